The second kappa shape index (κ2) is 20.7. The highest BCUT2D eigenvalue weighted by atomic mass is 16.4. The molecule has 0 rings (SSSR count). The first-order chi connectivity index (χ1) is 12.3. The Labute approximate surface area is 156 Å². The number of allylic oxidation sites excluding steroid dienone is 6. The Balaban J connectivity index is 3.22. The summed E-state index contributed by atoms with van der Waals surface area (Å²) in [6.07, 6.45) is 30.7. The molecule has 1 N–H and O–H groups in total. The van der Waals surface area contributed by atoms with Crippen molar-refractivity contribution in [2.24, 2.45) is 0 Å². The number of carboxylic acid groups (broad SMARTS) is 1. The van der Waals surface area contributed by atoms with Crippen molar-refractivity contribution in [1.82, 2.24) is 0 Å². The second-order valence-corrected chi connectivity index (χ2v) is 6.79. The third kappa shape index (κ3) is 22.7. The molecule has 0 saturated carbocycles. The van der Waals surface area contributed by atoms with Crippen LogP contribution in [0.2, 0.25) is 0 Å². The normalized spacial score (nSPS) is 12.0. The Morgan fingerprint density at radius 3 is 1.60 bits per heavy atom. The molecule has 0 fully saturated rings. The van der Waals surface area contributed by atoms with E-state index in [1.54, 1.807) is 0 Å². The van der Waals surface area contributed by atoms with Gasteiger partial charge in [0, 0.05) is 6.42 Å². The molecule has 0 bridgehead atoms. The summed E-state index contributed by atoms with van der Waals surface area (Å²) in [6, 6.07) is 0. The zero-order chi connectivity index (χ0) is 18.4. The molecular formula is C23H40O2. The van der Waals surface area contributed by atoms with E-state index in [-0.39, 0.29) is 0 Å². The van der Waals surface area contributed by atoms with Crippen LogP contribution < -0.4 is 0 Å². The fourth-order valence-corrected chi connectivity index (χ4v) is 2.70. The van der Waals surface area contributed by atoms with Crippen molar-refractivity contribution in [3.63, 3.8) is 0 Å². The Morgan fingerprint density at radius 2 is 1.08 bits per heavy atom. The molecule has 0 amide bonds. The highest BCUT2D eigenvalue weighted by Crippen LogP contribution is 2.11. The molecule has 0 atom stereocenters. The molecule has 0 aromatic carbocycles. The van der Waals surface area contributed by atoms with E-state index in [0.29, 0.717) is 6.42 Å². The minimum Gasteiger partial charge on any atom is -0.481 e. The predicted molar refractivity (Wildman–Crippen MR) is 110 cm³/mol. The zero-order valence-corrected chi connectivity index (χ0v) is 16.4. The number of aliphatic carboxylic acids is 1. The summed E-state index contributed by atoms with van der Waals surface area (Å²) in [5.74, 6) is -0.664. The van der Waals surface area contributed by atoms with Gasteiger partial charge in [0.15, 0.2) is 0 Å². The number of hydrogen-bond acceptors (Lipinski definition) is 1. The van der Waals surface area contributed by atoms with Crippen molar-refractivity contribution in [1.29, 1.82) is 0 Å². The van der Waals surface area contributed by atoms with E-state index in [1.807, 2.05) is 0 Å². The molecule has 0 aromatic heterocycles. The lowest BCUT2D eigenvalue weighted by Crippen LogP contribution is -1.93. The van der Waals surface area contributed by atoms with Crippen molar-refractivity contribution >= 4 is 5.97 Å². The third-order valence-electron chi connectivity index (χ3n) is 4.28. The van der Waals surface area contributed by atoms with Crippen LogP contribution in [0, 0.1) is 0 Å². The molecule has 144 valence electrons. The summed E-state index contributed by atoms with van der Waals surface area (Å²) in [6.45, 7) is 2.23. The highest BCUT2D eigenvalue weighted by Gasteiger charge is 1.96. The molecule has 0 heterocycles. The second-order valence-electron chi connectivity index (χ2n) is 6.79. The molecule has 0 aliphatic rings. The van der Waals surface area contributed by atoms with E-state index < -0.39 is 5.97 Å². The Bertz CT molecular complexity index is 366. The molecule has 2 heteroatoms. The number of unbranched alkanes of at least 4 members (excludes halogenated alkanes) is 10. The van der Waals surface area contributed by atoms with Gasteiger partial charge in [0.05, 0.1) is 0 Å². The van der Waals surface area contributed by atoms with E-state index in [9.17, 15) is 4.79 Å². The van der Waals surface area contributed by atoms with Crippen molar-refractivity contribution in [2.75, 3.05) is 0 Å². The molecule has 0 radical (unpaired) electrons. The Kier molecular flexibility index (Phi) is 19.6. The fraction of sp³-hybridized carbons (Fsp3) is 0.696. The van der Waals surface area contributed by atoms with Crippen molar-refractivity contribution in [3.05, 3.63) is 36.5 Å². The van der Waals surface area contributed by atoms with Crippen LogP contribution in [-0.4, -0.2) is 11.1 Å². The maximum absolute atomic E-state index is 10.4. The summed E-state index contributed by atoms with van der Waals surface area (Å²) in [5.41, 5.74) is 0. The number of carboxylic acids is 1. The first kappa shape index (κ1) is 23.7. The van der Waals surface area contributed by atoms with Crippen LogP contribution >= 0.6 is 0 Å². The molecule has 0 spiro atoms. The van der Waals surface area contributed by atoms with Crippen LogP contribution in [0.25, 0.3) is 0 Å². The van der Waals surface area contributed by atoms with E-state index in [1.165, 1.54) is 64.2 Å². The van der Waals surface area contributed by atoms with Crippen LogP contribution in [0.15, 0.2) is 36.5 Å². The zero-order valence-electron chi connectivity index (χ0n) is 16.4. The van der Waals surface area contributed by atoms with Gasteiger partial charge >= 0.3 is 5.97 Å². The standard InChI is InChI=1S/C23H40O2/c1-2-3-4-5-6-7-8-9-10-11-12-13-14-15-16-17-18-19-20-21-22-23(24)25/h5-6,8-9,11-12H,2-4,7,10,13-22H2,1H3,(H,24,25). The summed E-state index contributed by atoms with van der Waals surface area (Å²) >= 11 is 0. The predicted octanol–water partition coefficient (Wildman–Crippen LogP) is 7.61. The van der Waals surface area contributed by atoms with Crippen LogP contribution in [-0.2, 0) is 4.79 Å². The minimum absolute atomic E-state index is 0.331. The van der Waals surface area contributed by atoms with Gasteiger partial charge in [-0.3, -0.25) is 4.79 Å². The van der Waals surface area contributed by atoms with Crippen LogP contribution in [0.5, 0.6) is 0 Å². The van der Waals surface area contributed by atoms with Gasteiger partial charge < -0.3 is 5.11 Å². The van der Waals surface area contributed by atoms with Gasteiger partial charge in [-0.1, -0.05) is 94.7 Å². The van der Waals surface area contributed by atoms with Gasteiger partial charge in [0.25, 0.3) is 0 Å². The summed E-state index contributed by atoms with van der Waals surface area (Å²) in [5, 5.41) is 8.55. The van der Waals surface area contributed by atoms with E-state index in [0.717, 1.165) is 25.7 Å². The van der Waals surface area contributed by atoms with Gasteiger partial charge in [-0.25, -0.2) is 0 Å². The smallest absolute Gasteiger partial charge is 0.303 e. The molecule has 0 saturated heterocycles. The van der Waals surface area contributed by atoms with E-state index in [4.69, 9.17) is 5.11 Å². The van der Waals surface area contributed by atoms with Crippen molar-refractivity contribution < 1.29 is 9.90 Å². The van der Waals surface area contributed by atoms with Gasteiger partial charge in [-0.2, -0.15) is 0 Å². The first-order valence-electron chi connectivity index (χ1n) is 10.4. The van der Waals surface area contributed by atoms with Crippen molar-refractivity contribution in [3.8, 4) is 0 Å². The lowest BCUT2D eigenvalue weighted by atomic mass is 10.1. The monoisotopic (exact) mass is 348 g/mol. The van der Waals surface area contributed by atoms with Crippen LogP contribution in [0.4, 0.5) is 0 Å². The largest absolute Gasteiger partial charge is 0.481 e. The quantitative estimate of drug-likeness (QED) is 0.204. The molecule has 25 heavy (non-hydrogen) atoms. The Hall–Kier alpha value is -1.31. The third-order valence-corrected chi connectivity index (χ3v) is 4.28. The number of carbonyl (C=O) groups is 1. The summed E-state index contributed by atoms with van der Waals surface area (Å²) in [4.78, 5) is 10.4. The molecule has 0 aliphatic heterocycles. The summed E-state index contributed by atoms with van der Waals surface area (Å²) < 4.78 is 0. The topological polar surface area (TPSA) is 37.3 Å². The van der Waals surface area contributed by atoms with Gasteiger partial charge in [0.2, 0.25) is 0 Å². The van der Waals surface area contributed by atoms with E-state index in [2.05, 4.69) is 43.4 Å². The van der Waals surface area contributed by atoms with Gasteiger partial charge in [-0.05, 0) is 38.5 Å². The lowest BCUT2D eigenvalue weighted by molar-refractivity contribution is -0.137. The average molecular weight is 349 g/mol. The van der Waals surface area contributed by atoms with Crippen LogP contribution in [0.1, 0.15) is 103 Å². The highest BCUT2D eigenvalue weighted by molar-refractivity contribution is 5.66. The number of rotatable bonds is 18. The first-order valence-corrected chi connectivity index (χ1v) is 10.4. The fourth-order valence-electron chi connectivity index (χ4n) is 2.70. The molecule has 0 unspecified atom stereocenters. The minimum atomic E-state index is -0.664. The number of hydrogen-bond donors (Lipinski definition) is 1. The van der Waals surface area contributed by atoms with E-state index >= 15 is 0 Å². The maximum atomic E-state index is 10.4. The summed E-state index contributed by atoms with van der Waals surface area (Å²) in [7, 11) is 0. The van der Waals surface area contributed by atoms with Gasteiger partial charge in [-0.15, -0.1) is 0 Å². The average Bonchev–Trinajstić information content (AvgIpc) is 2.60. The van der Waals surface area contributed by atoms with Gasteiger partial charge in [0.1, 0.15) is 0 Å². The molecule has 2 nitrogen and oxygen atoms in total. The molecule has 0 aliphatic carbocycles. The van der Waals surface area contributed by atoms with Crippen molar-refractivity contribution in [2.45, 2.75) is 103 Å². The molecular weight excluding hydrogens is 308 g/mol. The SMILES string of the molecule is CCCCC=CCC=CCC=CCCCCCCCCCCC(=O)O. The Morgan fingerprint density at radius 1 is 0.640 bits per heavy atom. The van der Waals surface area contributed by atoms with Crippen LogP contribution in [0.3, 0.4) is 0 Å². The molecule has 0 aromatic rings. The lowest BCUT2D eigenvalue weighted by Gasteiger charge is -2.00. The maximum Gasteiger partial charge on any atom is 0.303 e.